The van der Waals surface area contributed by atoms with Gasteiger partial charge in [-0.05, 0) is 67.2 Å². The van der Waals surface area contributed by atoms with Crippen LogP contribution in [0, 0.1) is 11.7 Å². The number of anilines is 1. The third kappa shape index (κ3) is 5.85. The van der Waals surface area contributed by atoms with E-state index >= 15 is 0 Å². The van der Waals surface area contributed by atoms with Gasteiger partial charge in [0.25, 0.3) is 0 Å². The molecule has 0 saturated carbocycles. The Morgan fingerprint density at radius 3 is 2.42 bits per heavy atom. The van der Waals surface area contributed by atoms with Crippen LogP contribution in [0.5, 0.6) is 5.75 Å². The van der Waals surface area contributed by atoms with E-state index in [1.165, 1.54) is 22.9 Å². The van der Waals surface area contributed by atoms with Crippen molar-refractivity contribution in [3.05, 3.63) is 99.0 Å². The van der Waals surface area contributed by atoms with Crippen molar-refractivity contribution >= 4 is 39.7 Å². The maximum absolute atomic E-state index is 13.3. The minimum Gasteiger partial charge on any atom is -0.486 e. The number of benzene rings is 3. The Morgan fingerprint density at radius 2 is 1.72 bits per heavy atom. The van der Waals surface area contributed by atoms with Crippen LogP contribution in [0.3, 0.4) is 0 Å². The monoisotopic (exact) mass is 576 g/mol. The van der Waals surface area contributed by atoms with E-state index in [0.29, 0.717) is 11.6 Å². The van der Waals surface area contributed by atoms with Crippen LogP contribution in [0.15, 0.2) is 77.3 Å². The number of alkyl halides is 3. The molecule has 0 saturated heterocycles. The zero-order valence-electron chi connectivity index (χ0n) is 18.9. The van der Waals surface area contributed by atoms with Crippen LogP contribution in [-0.4, -0.2) is 20.3 Å². The fourth-order valence-corrected chi connectivity index (χ4v) is 4.12. The smallest absolute Gasteiger partial charge is 0.418 e. The first kappa shape index (κ1) is 25.6. The van der Waals surface area contributed by atoms with E-state index in [4.69, 9.17) is 17.0 Å². The number of ether oxygens (including phenoxy) is 1. The first-order valence-electron chi connectivity index (χ1n) is 10.7. The zero-order chi connectivity index (χ0) is 25.9. The fraction of sp³-hybridized carbons (Fsp3) is 0.160. The van der Waals surface area contributed by atoms with Gasteiger partial charge in [-0.2, -0.15) is 18.3 Å². The van der Waals surface area contributed by atoms with Gasteiger partial charge < -0.3 is 10.1 Å². The molecule has 0 radical (unpaired) electrons. The molecule has 1 heterocycles. The van der Waals surface area contributed by atoms with Gasteiger partial charge in [0.2, 0.25) is 10.7 Å². The van der Waals surface area contributed by atoms with Gasteiger partial charge in [0.05, 0.1) is 16.9 Å². The minimum absolute atomic E-state index is 0.0468. The second-order valence-electron chi connectivity index (χ2n) is 7.81. The van der Waals surface area contributed by atoms with Gasteiger partial charge in [0.15, 0.2) is 5.82 Å². The van der Waals surface area contributed by atoms with Crippen LogP contribution < -0.4 is 10.1 Å². The number of carbonyl (C=O) groups is 1. The number of hydrogen-bond donors (Lipinski definition) is 1. The average Bonchev–Trinajstić information content (AvgIpc) is 3.13. The highest BCUT2D eigenvalue weighted by molar-refractivity contribution is 9.10. The molecule has 1 aromatic heterocycles. The van der Waals surface area contributed by atoms with Gasteiger partial charge >= 0.3 is 6.18 Å². The van der Waals surface area contributed by atoms with Crippen LogP contribution in [0.1, 0.15) is 17.0 Å². The maximum Gasteiger partial charge on any atom is 0.418 e. The van der Waals surface area contributed by atoms with Gasteiger partial charge in [-0.15, -0.1) is 0 Å². The lowest BCUT2D eigenvalue weighted by Crippen LogP contribution is -2.22. The fourth-order valence-electron chi connectivity index (χ4n) is 3.55. The topological polar surface area (TPSA) is 61.1 Å². The Labute approximate surface area is 218 Å². The molecule has 1 amide bonds. The standard InChI is InChI=1S/C25H20BrF3N4O2S/c1-16-6-2-5-9-21(16)33-22(15-35-18-12-10-17(26)11-13-18)31-32(24(33)36)14-23(34)30-20-8-4-3-7-19(20)25(27,28)29/h2-13H,14-15H2,1H3,(H,30,34). The Bertz CT molecular complexity index is 1450. The van der Waals surface area contributed by atoms with E-state index in [-0.39, 0.29) is 23.6 Å². The van der Waals surface area contributed by atoms with Gasteiger partial charge in [0.1, 0.15) is 18.9 Å². The highest BCUT2D eigenvalue weighted by Crippen LogP contribution is 2.34. The summed E-state index contributed by atoms with van der Waals surface area (Å²) in [7, 11) is 0. The maximum atomic E-state index is 13.3. The van der Waals surface area contributed by atoms with Crippen molar-refractivity contribution < 1.29 is 22.7 Å². The molecule has 0 atom stereocenters. The highest BCUT2D eigenvalue weighted by Gasteiger charge is 2.33. The molecule has 1 N–H and O–H groups in total. The molecule has 0 bridgehead atoms. The average molecular weight is 577 g/mol. The number of para-hydroxylation sites is 2. The van der Waals surface area contributed by atoms with Crippen LogP contribution in [0.25, 0.3) is 5.69 Å². The number of aryl methyl sites for hydroxylation is 1. The number of nitrogens with one attached hydrogen (secondary N) is 1. The quantitative estimate of drug-likeness (QED) is 0.248. The molecule has 11 heteroatoms. The van der Waals surface area contributed by atoms with Crippen LogP contribution in [0.4, 0.5) is 18.9 Å². The van der Waals surface area contributed by atoms with Gasteiger partial charge in [-0.3, -0.25) is 9.36 Å². The van der Waals surface area contributed by atoms with Crippen LogP contribution in [-0.2, 0) is 24.1 Å². The largest absolute Gasteiger partial charge is 0.486 e. The molecule has 0 aliphatic carbocycles. The molecule has 0 fully saturated rings. The molecule has 36 heavy (non-hydrogen) atoms. The van der Waals surface area contributed by atoms with E-state index in [1.54, 1.807) is 16.7 Å². The number of rotatable bonds is 7. The summed E-state index contributed by atoms with van der Waals surface area (Å²) in [6, 6.07) is 19.5. The molecule has 186 valence electrons. The van der Waals surface area contributed by atoms with Crippen LogP contribution >= 0.6 is 28.1 Å². The second-order valence-corrected chi connectivity index (χ2v) is 9.09. The predicted molar refractivity (Wildman–Crippen MR) is 136 cm³/mol. The summed E-state index contributed by atoms with van der Waals surface area (Å²) in [5.74, 6) is 0.342. The summed E-state index contributed by atoms with van der Waals surface area (Å²) in [6.45, 7) is 1.58. The molecule has 4 rings (SSSR count). The molecule has 0 unspecified atom stereocenters. The normalized spacial score (nSPS) is 11.4. The SMILES string of the molecule is Cc1ccccc1-n1c(COc2ccc(Br)cc2)nn(CC(=O)Nc2ccccc2C(F)(F)F)c1=S. The molecule has 6 nitrogen and oxygen atoms in total. The van der Waals surface area contributed by atoms with E-state index in [0.717, 1.165) is 21.8 Å². The summed E-state index contributed by atoms with van der Waals surface area (Å²) in [4.78, 5) is 12.7. The third-order valence-electron chi connectivity index (χ3n) is 5.24. The molecule has 3 aromatic carbocycles. The lowest BCUT2D eigenvalue weighted by atomic mass is 10.1. The zero-order valence-corrected chi connectivity index (χ0v) is 21.3. The number of nitrogens with zero attached hydrogens (tertiary/aromatic N) is 3. The molecular formula is C25H20BrF3N4O2S. The number of aromatic nitrogens is 3. The molecule has 0 aliphatic rings. The first-order valence-corrected chi connectivity index (χ1v) is 11.9. The summed E-state index contributed by atoms with van der Waals surface area (Å²) >= 11 is 8.99. The van der Waals surface area contributed by atoms with Crippen molar-refractivity contribution in [2.75, 3.05) is 5.32 Å². The molecular weight excluding hydrogens is 557 g/mol. The number of amides is 1. The van der Waals surface area contributed by atoms with E-state index in [2.05, 4.69) is 26.3 Å². The summed E-state index contributed by atoms with van der Waals surface area (Å²) < 4.78 is 49.9. The Kier molecular flexibility index (Phi) is 7.60. The van der Waals surface area contributed by atoms with Crippen molar-refractivity contribution in [1.82, 2.24) is 14.3 Å². The van der Waals surface area contributed by atoms with E-state index in [1.807, 2.05) is 43.3 Å². The Hall–Kier alpha value is -3.44. The Morgan fingerprint density at radius 1 is 1.06 bits per heavy atom. The number of halogens is 4. The van der Waals surface area contributed by atoms with Crippen molar-refractivity contribution in [1.29, 1.82) is 0 Å². The first-order chi connectivity index (χ1) is 17.1. The lowest BCUT2D eigenvalue weighted by molar-refractivity contribution is -0.137. The van der Waals surface area contributed by atoms with Gasteiger partial charge in [-0.1, -0.05) is 46.3 Å². The van der Waals surface area contributed by atoms with Crippen molar-refractivity contribution in [2.45, 2.75) is 26.3 Å². The molecule has 4 aromatic rings. The van der Waals surface area contributed by atoms with Crippen molar-refractivity contribution in [2.24, 2.45) is 0 Å². The van der Waals surface area contributed by atoms with Crippen molar-refractivity contribution in [3.63, 3.8) is 0 Å². The Balaban J connectivity index is 1.63. The van der Waals surface area contributed by atoms with E-state index in [9.17, 15) is 18.0 Å². The van der Waals surface area contributed by atoms with Gasteiger partial charge in [-0.25, -0.2) is 4.68 Å². The van der Waals surface area contributed by atoms with Crippen LogP contribution in [0.2, 0.25) is 0 Å². The van der Waals surface area contributed by atoms with Gasteiger partial charge in [0, 0.05) is 4.47 Å². The molecule has 0 aliphatic heterocycles. The third-order valence-corrected chi connectivity index (χ3v) is 6.17. The number of hydrogen-bond acceptors (Lipinski definition) is 4. The summed E-state index contributed by atoms with van der Waals surface area (Å²) in [5, 5.41) is 6.80. The molecule has 0 spiro atoms. The highest BCUT2D eigenvalue weighted by atomic mass is 79.9. The minimum atomic E-state index is -4.61. The summed E-state index contributed by atoms with van der Waals surface area (Å²) in [6.07, 6.45) is -4.61. The van der Waals surface area contributed by atoms with Crippen molar-refractivity contribution in [3.8, 4) is 11.4 Å². The number of carbonyl (C=O) groups excluding carboxylic acids is 1. The second kappa shape index (κ2) is 10.7. The predicted octanol–water partition coefficient (Wildman–Crippen LogP) is 6.71. The summed E-state index contributed by atoms with van der Waals surface area (Å²) in [5.41, 5.74) is 0.405. The lowest BCUT2D eigenvalue weighted by Gasteiger charge is -2.13. The van der Waals surface area contributed by atoms with E-state index < -0.39 is 17.6 Å².